The van der Waals surface area contributed by atoms with Gasteiger partial charge in [0.15, 0.2) is 0 Å². The molecule has 106 valence electrons. The maximum absolute atomic E-state index is 6.02. The molecule has 0 saturated heterocycles. The largest absolute Gasteiger partial charge is 0.329 e. The molecule has 1 aliphatic rings. The number of nitrogens with one attached hydrogen (secondary N) is 1. The zero-order valence-corrected chi connectivity index (χ0v) is 12.8. The van der Waals surface area contributed by atoms with Gasteiger partial charge in [0.1, 0.15) is 0 Å². The Morgan fingerprint density at radius 2 is 1.94 bits per heavy atom. The molecule has 2 heteroatoms. The number of hydrogen-bond donors (Lipinski definition) is 2. The van der Waals surface area contributed by atoms with Gasteiger partial charge in [0.05, 0.1) is 0 Å². The molecular formula is C16H32N2. The normalized spacial score (nSPS) is 29.3. The van der Waals surface area contributed by atoms with Crippen molar-refractivity contribution in [2.24, 2.45) is 17.1 Å². The lowest BCUT2D eigenvalue weighted by Crippen LogP contribution is -2.54. The van der Waals surface area contributed by atoms with Crippen molar-refractivity contribution < 1.29 is 0 Å². The average Bonchev–Trinajstić information content (AvgIpc) is 2.37. The molecule has 0 atom stereocenters. The van der Waals surface area contributed by atoms with E-state index in [-0.39, 0.29) is 5.54 Å². The third-order valence-corrected chi connectivity index (χ3v) is 5.12. The highest BCUT2D eigenvalue weighted by atomic mass is 15.0. The fourth-order valence-corrected chi connectivity index (χ4v) is 3.03. The molecule has 1 fully saturated rings. The van der Waals surface area contributed by atoms with Crippen molar-refractivity contribution in [3.63, 3.8) is 0 Å². The molecule has 0 unspecified atom stereocenters. The summed E-state index contributed by atoms with van der Waals surface area (Å²) in [5, 5.41) is 3.65. The van der Waals surface area contributed by atoms with Crippen LogP contribution in [0.5, 0.6) is 0 Å². The van der Waals surface area contributed by atoms with Crippen LogP contribution in [0.2, 0.25) is 0 Å². The van der Waals surface area contributed by atoms with E-state index in [4.69, 9.17) is 5.73 Å². The quantitative estimate of drug-likeness (QED) is 0.710. The Labute approximate surface area is 113 Å². The van der Waals surface area contributed by atoms with Gasteiger partial charge in [-0.05, 0) is 43.9 Å². The van der Waals surface area contributed by atoms with E-state index in [1.807, 2.05) is 0 Å². The first kappa shape index (κ1) is 15.7. The van der Waals surface area contributed by atoms with Crippen LogP contribution in [0.3, 0.4) is 0 Å². The molecule has 0 spiro atoms. The molecule has 0 aromatic heterocycles. The first-order chi connectivity index (χ1) is 8.35. The zero-order chi connectivity index (χ0) is 13.8. The Bertz CT molecular complexity index is 273. The highest BCUT2D eigenvalue weighted by Gasteiger charge is 2.38. The Kier molecular flexibility index (Phi) is 5.42. The summed E-state index contributed by atoms with van der Waals surface area (Å²) in [6.07, 6.45) is 6.31. The van der Waals surface area contributed by atoms with Crippen molar-refractivity contribution in [1.29, 1.82) is 0 Å². The zero-order valence-electron chi connectivity index (χ0n) is 12.8. The van der Waals surface area contributed by atoms with Gasteiger partial charge < -0.3 is 11.1 Å². The van der Waals surface area contributed by atoms with Crippen LogP contribution in [0.25, 0.3) is 0 Å². The van der Waals surface area contributed by atoms with E-state index >= 15 is 0 Å². The smallest absolute Gasteiger partial charge is 0.0307 e. The van der Waals surface area contributed by atoms with Gasteiger partial charge in [-0.1, -0.05) is 39.3 Å². The first-order valence-corrected chi connectivity index (χ1v) is 7.45. The second-order valence-corrected chi connectivity index (χ2v) is 6.91. The van der Waals surface area contributed by atoms with Crippen molar-refractivity contribution in [3.05, 3.63) is 12.2 Å². The topological polar surface area (TPSA) is 38.0 Å². The van der Waals surface area contributed by atoms with E-state index in [1.165, 1.54) is 37.7 Å². The molecule has 2 nitrogen and oxygen atoms in total. The highest BCUT2D eigenvalue weighted by molar-refractivity contribution is 5.00. The van der Waals surface area contributed by atoms with Crippen molar-refractivity contribution in [2.75, 3.05) is 13.1 Å². The molecular weight excluding hydrogens is 220 g/mol. The second-order valence-electron chi connectivity index (χ2n) is 6.91. The molecule has 0 aromatic rings. The summed E-state index contributed by atoms with van der Waals surface area (Å²) in [6.45, 7) is 14.8. The van der Waals surface area contributed by atoms with Gasteiger partial charge in [-0.15, -0.1) is 0 Å². The molecule has 0 amide bonds. The van der Waals surface area contributed by atoms with E-state index in [0.717, 1.165) is 19.0 Å². The summed E-state index contributed by atoms with van der Waals surface area (Å²) in [5.74, 6) is 0.855. The van der Waals surface area contributed by atoms with E-state index in [2.05, 4.69) is 39.6 Å². The second kappa shape index (κ2) is 6.21. The van der Waals surface area contributed by atoms with Crippen LogP contribution in [-0.2, 0) is 0 Å². The molecule has 0 bridgehead atoms. The van der Waals surface area contributed by atoms with Crippen molar-refractivity contribution >= 4 is 0 Å². The van der Waals surface area contributed by atoms with Crippen LogP contribution in [0, 0.1) is 11.3 Å². The third kappa shape index (κ3) is 3.83. The minimum Gasteiger partial charge on any atom is -0.329 e. The molecule has 3 N–H and O–H groups in total. The average molecular weight is 252 g/mol. The summed E-state index contributed by atoms with van der Waals surface area (Å²) in [7, 11) is 0. The van der Waals surface area contributed by atoms with Crippen molar-refractivity contribution in [3.8, 4) is 0 Å². The Morgan fingerprint density at radius 3 is 2.33 bits per heavy atom. The van der Waals surface area contributed by atoms with Crippen LogP contribution in [-0.4, -0.2) is 18.6 Å². The van der Waals surface area contributed by atoms with Crippen LogP contribution in [0.15, 0.2) is 12.2 Å². The number of nitrogens with two attached hydrogens (primary N) is 1. The van der Waals surface area contributed by atoms with Crippen LogP contribution >= 0.6 is 0 Å². The number of rotatable bonds is 6. The minimum atomic E-state index is 0.166. The molecule has 1 rings (SSSR count). The third-order valence-electron chi connectivity index (χ3n) is 5.12. The lowest BCUT2D eigenvalue weighted by atomic mass is 9.65. The molecule has 0 radical (unpaired) electrons. The Hall–Kier alpha value is -0.340. The minimum absolute atomic E-state index is 0.166. The fourth-order valence-electron chi connectivity index (χ4n) is 3.03. The van der Waals surface area contributed by atoms with E-state index in [9.17, 15) is 0 Å². The van der Waals surface area contributed by atoms with Crippen LogP contribution < -0.4 is 11.1 Å². The molecule has 1 saturated carbocycles. The highest BCUT2D eigenvalue weighted by Crippen LogP contribution is 2.43. The molecule has 1 aliphatic carbocycles. The van der Waals surface area contributed by atoms with Gasteiger partial charge in [-0.3, -0.25) is 0 Å². The van der Waals surface area contributed by atoms with Gasteiger partial charge in [0.2, 0.25) is 0 Å². The molecule has 0 heterocycles. The summed E-state index contributed by atoms with van der Waals surface area (Å²) in [6, 6.07) is 0. The lowest BCUT2D eigenvalue weighted by Gasteiger charge is -2.45. The molecule has 18 heavy (non-hydrogen) atoms. The SMILES string of the molecule is C=C(C)CNC1(CN)CCC(C(C)(C)CC)CC1. The van der Waals surface area contributed by atoms with Crippen molar-refractivity contribution in [2.45, 2.75) is 65.3 Å². The maximum atomic E-state index is 6.02. The first-order valence-electron chi connectivity index (χ1n) is 7.45. The van der Waals surface area contributed by atoms with E-state index < -0.39 is 0 Å². The van der Waals surface area contributed by atoms with Gasteiger partial charge in [0, 0.05) is 18.6 Å². The van der Waals surface area contributed by atoms with Crippen LogP contribution in [0.4, 0.5) is 0 Å². The lowest BCUT2D eigenvalue weighted by molar-refractivity contribution is 0.103. The standard InChI is InChI=1S/C16H32N2/c1-6-15(4,5)14-7-9-16(12-17,10-8-14)18-11-13(2)3/h14,18H,2,6-12,17H2,1,3-5H3. The predicted octanol–water partition coefficient (Wildman–Crippen LogP) is 3.48. The molecule has 0 aromatic carbocycles. The summed E-state index contributed by atoms with van der Waals surface area (Å²) in [5.41, 5.74) is 7.86. The summed E-state index contributed by atoms with van der Waals surface area (Å²) in [4.78, 5) is 0. The van der Waals surface area contributed by atoms with E-state index in [0.29, 0.717) is 5.41 Å². The monoisotopic (exact) mass is 252 g/mol. The summed E-state index contributed by atoms with van der Waals surface area (Å²) >= 11 is 0. The molecule has 0 aliphatic heterocycles. The van der Waals surface area contributed by atoms with Gasteiger partial charge in [0.25, 0.3) is 0 Å². The van der Waals surface area contributed by atoms with Gasteiger partial charge in [-0.25, -0.2) is 0 Å². The predicted molar refractivity (Wildman–Crippen MR) is 80.6 cm³/mol. The van der Waals surface area contributed by atoms with Crippen LogP contribution in [0.1, 0.15) is 59.8 Å². The Morgan fingerprint density at radius 1 is 1.39 bits per heavy atom. The van der Waals surface area contributed by atoms with E-state index in [1.54, 1.807) is 0 Å². The Balaban J connectivity index is 2.56. The van der Waals surface area contributed by atoms with Crippen molar-refractivity contribution in [1.82, 2.24) is 5.32 Å². The fraction of sp³-hybridized carbons (Fsp3) is 0.875. The number of hydrogen-bond acceptors (Lipinski definition) is 2. The maximum Gasteiger partial charge on any atom is 0.0307 e. The van der Waals surface area contributed by atoms with Gasteiger partial charge in [-0.2, -0.15) is 0 Å². The summed E-state index contributed by atoms with van der Waals surface area (Å²) < 4.78 is 0. The van der Waals surface area contributed by atoms with Gasteiger partial charge >= 0.3 is 0 Å².